The summed E-state index contributed by atoms with van der Waals surface area (Å²) in [6.07, 6.45) is 0.595. The SMILES string of the molecule is Cn1ccc(-c2cn([C@@H]3O[C@H](C(=O)N4CCC[C@H](C(N)=O)C4)[C@@H](O)[C@H]3O)c3ncnc(N)c23)n1. The molecule has 0 radical (unpaired) electrons. The van der Waals surface area contributed by atoms with E-state index in [0.29, 0.717) is 41.7 Å². The fourth-order valence-electron chi connectivity index (χ4n) is 4.74. The molecule has 0 bridgehead atoms. The molecule has 0 aromatic carbocycles. The number of hydrogen-bond donors (Lipinski definition) is 4. The normalized spacial score (nSPS) is 27.4. The summed E-state index contributed by atoms with van der Waals surface area (Å²) in [5, 5.41) is 26.5. The first-order chi connectivity index (χ1) is 16.3. The zero-order valence-corrected chi connectivity index (χ0v) is 18.5. The Kier molecular flexibility index (Phi) is 5.46. The van der Waals surface area contributed by atoms with Crippen molar-refractivity contribution in [3.63, 3.8) is 0 Å². The third kappa shape index (κ3) is 3.57. The highest BCUT2D eigenvalue weighted by molar-refractivity contribution is 5.99. The van der Waals surface area contributed by atoms with Gasteiger partial charge in [-0.3, -0.25) is 14.3 Å². The third-order valence-electron chi connectivity index (χ3n) is 6.52. The number of anilines is 1. The van der Waals surface area contributed by atoms with E-state index < -0.39 is 42.3 Å². The van der Waals surface area contributed by atoms with Crippen LogP contribution in [0.1, 0.15) is 19.1 Å². The Morgan fingerprint density at radius 2 is 2.03 bits per heavy atom. The second-order valence-corrected chi connectivity index (χ2v) is 8.74. The number of nitrogen functional groups attached to an aromatic ring is 1. The monoisotopic (exact) mass is 470 g/mol. The number of aromatic nitrogens is 5. The van der Waals surface area contributed by atoms with Gasteiger partial charge in [-0.05, 0) is 18.9 Å². The van der Waals surface area contributed by atoms with E-state index in [4.69, 9.17) is 16.2 Å². The molecule has 5 atom stereocenters. The minimum atomic E-state index is -1.48. The minimum absolute atomic E-state index is 0.154. The van der Waals surface area contributed by atoms with Gasteiger partial charge in [-0.15, -0.1) is 0 Å². The van der Waals surface area contributed by atoms with Crippen LogP contribution in [-0.4, -0.2) is 82.6 Å². The largest absolute Gasteiger partial charge is 0.387 e. The van der Waals surface area contributed by atoms with Crippen molar-refractivity contribution >= 4 is 28.7 Å². The van der Waals surface area contributed by atoms with E-state index in [1.54, 1.807) is 30.2 Å². The number of carbonyl (C=O) groups excluding carboxylic acids is 2. The Bertz CT molecular complexity index is 1260. The number of fused-ring (bicyclic) bond motifs is 1. The molecular formula is C21H26N8O5. The number of hydrogen-bond acceptors (Lipinski definition) is 9. The van der Waals surface area contributed by atoms with Crippen LogP contribution in [0.15, 0.2) is 24.8 Å². The average Bonchev–Trinajstić information content (AvgIpc) is 3.50. The number of nitrogens with zero attached hydrogens (tertiary/aromatic N) is 6. The van der Waals surface area contributed by atoms with Crippen molar-refractivity contribution in [2.75, 3.05) is 18.8 Å². The molecule has 13 heteroatoms. The highest BCUT2D eigenvalue weighted by atomic mass is 16.6. The topological polar surface area (TPSA) is 188 Å². The van der Waals surface area contributed by atoms with Crippen LogP contribution >= 0.6 is 0 Å². The molecule has 2 aliphatic rings. The number of aryl methyl sites for hydroxylation is 1. The molecule has 2 aliphatic heterocycles. The van der Waals surface area contributed by atoms with Gasteiger partial charge in [-0.25, -0.2) is 9.97 Å². The van der Waals surface area contributed by atoms with E-state index in [0.717, 1.165) is 0 Å². The van der Waals surface area contributed by atoms with Crippen molar-refractivity contribution in [2.45, 2.75) is 37.4 Å². The van der Waals surface area contributed by atoms with E-state index in [1.165, 1.54) is 15.8 Å². The van der Waals surface area contributed by atoms with Gasteiger partial charge in [0.25, 0.3) is 5.91 Å². The Morgan fingerprint density at radius 1 is 1.24 bits per heavy atom. The quantitative estimate of drug-likeness (QED) is 0.361. The van der Waals surface area contributed by atoms with Gasteiger partial charge in [-0.1, -0.05) is 0 Å². The first-order valence-electron chi connectivity index (χ1n) is 11.0. The van der Waals surface area contributed by atoms with E-state index >= 15 is 0 Å². The maximum Gasteiger partial charge on any atom is 0.254 e. The van der Waals surface area contributed by atoms with Crippen molar-refractivity contribution in [3.05, 3.63) is 24.8 Å². The Balaban J connectivity index is 1.48. The summed E-state index contributed by atoms with van der Waals surface area (Å²) in [6, 6.07) is 1.80. The predicted octanol–water partition coefficient (Wildman–Crippen LogP) is -1.24. The molecule has 6 N–H and O–H groups in total. The van der Waals surface area contributed by atoms with Crippen molar-refractivity contribution in [3.8, 4) is 11.3 Å². The number of aliphatic hydroxyl groups is 2. The van der Waals surface area contributed by atoms with Gasteiger partial charge in [0.05, 0.1) is 17.0 Å². The molecule has 0 aliphatic carbocycles. The van der Waals surface area contributed by atoms with Crippen LogP contribution in [0.4, 0.5) is 5.82 Å². The van der Waals surface area contributed by atoms with Crippen LogP contribution in [0.25, 0.3) is 22.3 Å². The van der Waals surface area contributed by atoms with Crippen molar-refractivity contribution in [1.29, 1.82) is 0 Å². The molecule has 0 saturated carbocycles. The molecule has 0 spiro atoms. The Hall–Kier alpha value is -3.55. The highest BCUT2D eigenvalue weighted by Crippen LogP contribution is 2.38. The molecule has 2 saturated heterocycles. The summed E-state index contributed by atoms with van der Waals surface area (Å²) in [4.78, 5) is 34.6. The standard InChI is InChI=1S/C21H26N8O5/c1-27-6-4-12(26-27)11-8-29(19-13(11)17(22)24-9-25-19)21-15(31)14(30)16(34-21)20(33)28-5-2-3-10(7-28)18(23)32/h4,6,8-10,14-16,21,30-31H,2-3,5,7H2,1H3,(H2,23,32)(H2,22,24,25)/t10-,14-,15+,16-,21+/m0/s1. The van der Waals surface area contributed by atoms with Crippen LogP contribution in [0.3, 0.4) is 0 Å². The van der Waals surface area contributed by atoms with Gasteiger partial charge in [0.1, 0.15) is 30.0 Å². The molecule has 2 amide bonds. The van der Waals surface area contributed by atoms with Crippen LogP contribution in [-0.2, 0) is 21.4 Å². The van der Waals surface area contributed by atoms with E-state index in [9.17, 15) is 19.8 Å². The number of rotatable bonds is 4. The van der Waals surface area contributed by atoms with Crippen LogP contribution in [0.2, 0.25) is 0 Å². The van der Waals surface area contributed by atoms with Crippen LogP contribution in [0.5, 0.6) is 0 Å². The summed E-state index contributed by atoms with van der Waals surface area (Å²) < 4.78 is 9.08. The molecule has 180 valence electrons. The predicted molar refractivity (Wildman–Crippen MR) is 119 cm³/mol. The number of likely N-dealkylation sites (tertiary alicyclic amines) is 1. The summed E-state index contributed by atoms with van der Waals surface area (Å²) in [5.74, 6) is -1.21. The maximum absolute atomic E-state index is 13.2. The lowest BCUT2D eigenvalue weighted by molar-refractivity contribution is -0.151. The molecule has 13 nitrogen and oxygen atoms in total. The van der Waals surface area contributed by atoms with Gasteiger partial charge in [0, 0.05) is 38.1 Å². The van der Waals surface area contributed by atoms with E-state index in [-0.39, 0.29) is 12.4 Å². The molecule has 5 rings (SSSR count). The summed E-state index contributed by atoms with van der Waals surface area (Å²) in [6.45, 7) is 0.567. The van der Waals surface area contributed by atoms with Crippen molar-refractivity contribution < 1.29 is 24.5 Å². The zero-order valence-electron chi connectivity index (χ0n) is 18.5. The first-order valence-corrected chi connectivity index (χ1v) is 11.0. The summed E-state index contributed by atoms with van der Waals surface area (Å²) >= 11 is 0. The lowest BCUT2D eigenvalue weighted by Crippen LogP contribution is -2.50. The molecule has 3 aromatic rings. The number of piperidine rings is 1. The lowest BCUT2D eigenvalue weighted by atomic mass is 9.96. The van der Waals surface area contributed by atoms with Gasteiger partial charge in [0.15, 0.2) is 12.3 Å². The first kappa shape index (κ1) is 22.3. The van der Waals surface area contributed by atoms with E-state index in [2.05, 4.69) is 15.1 Å². The van der Waals surface area contributed by atoms with Gasteiger partial charge in [0.2, 0.25) is 5.91 Å². The molecule has 3 aromatic heterocycles. The molecule has 2 fully saturated rings. The van der Waals surface area contributed by atoms with Crippen LogP contribution < -0.4 is 11.5 Å². The number of carbonyl (C=O) groups is 2. The Morgan fingerprint density at radius 3 is 2.74 bits per heavy atom. The second kappa shape index (κ2) is 8.34. The lowest BCUT2D eigenvalue weighted by Gasteiger charge is -2.33. The maximum atomic E-state index is 13.2. The molecule has 34 heavy (non-hydrogen) atoms. The second-order valence-electron chi connectivity index (χ2n) is 8.74. The number of amides is 2. The number of aliphatic hydroxyl groups excluding tert-OH is 2. The zero-order chi connectivity index (χ0) is 24.1. The smallest absolute Gasteiger partial charge is 0.254 e. The molecule has 5 heterocycles. The van der Waals surface area contributed by atoms with Crippen molar-refractivity contribution in [2.24, 2.45) is 18.7 Å². The fourth-order valence-corrected chi connectivity index (χ4v) is 4.74. The van der Waals surface area contributed by atoms with E-state index in [1.807, 2.05) is 0 Å². The number of nitrogens with two attached hydrogens (primary N) is 2. The van der Waals surface area contributed by atoms with Gasteiger partial charge >= 0.3 is 0 Å². The van der Waals surface area contributed by atoms with Crippen LogP contribution in [0, 0.1) is 5.92 Å². The summed E-state index contributed by atoms with van der Waals surface area (Å²) in [7, 11) is 1.78. The Labute approximate surface area is 193 Å². The van der Waals surface area contributed by atoms with Gasteiger partial charge in [-0.2, -0.15) is 5.10 Å². The third-order valence-corrected chi connectivity index (χ3v) is 6.52. The number of primary amides is 1. The minimum Gasteiger partial charge on any atom is -0.387 e. The van der Waals surface area contributed by atoms with Gasteiger partial charge < -0.3 is 35.9 Å². The fraction of sp³-hybridized carbons (Fsp3) is 0.476. The highest BCUT2D eigenvalue weighted by Gasteiger charge is 2.49. The average molecular weight is 470 g/mol. The number of ether oxygens (including phenoxy) is 1. The summed E-state index contributed by atoms with van der Waals surface area (Å²) in [5.41, 5.74) is 13.1. The molecular weight excluding hydrogens is 444 g/mol. The molecule has 0 unspecified atom stereocenters. The van der Waals surface area contributed by atoms with Crippen molar-refractivity contribution in [1.82, 2.24) is 29.2 Å².